The zero-order valence-corrected chi connectivity index (χ0v) is 18.7. The second-order valence-corrected chi connectivity index (χ2v) is 7.82. The number of carbonyl (C=O) groups excluding carboxylic acids is 2. The molecular formula is C22H21N5O5S. The highest BCUT2D eigenvalue weighted by atomic mass is 32.2. The third-order valence-electron chi connectivity index (χ3n) is 4.48. The molecule has 2 amide bonds. The molecule has 4 rings (SSSR count). The summed E-state index contributed by atoms with van der Waals surface area (Å²) < 4.78 is 18.1. The van der Waals surface area contributed by atoms with E-state index in [1.807, 2.05) is 10.6 Å². The van der Waals surface area contributed by atoms with Gasteiger partial charge in [-0.2, -0.15) is 0 Å². The molecule has 0 bridgehead atoms. The standard InChI is InChI=1S/C22H21N5O5S/c1-14(28)23-15-7-8-18(30-2)17(11-15)24-20(29)13-33-22-26-25-21(19-6-4-10-32-19)27(22)12-16-5-3-9-31-16/h3-11H,12-13H2,1-2H3,(H,23,28)(H,24,29). The molecular weight excluding hydrogens is 446 g/mol. The Kier molecular flexibility index (Phi) is 6.79. The number of furan rings is 2. The molecule has 33 heavy (non-hydrogen) atoms. The topological polar surface area (TPSA) is 124 Å². The number of thioether (sulfide) groups is 1. The zero-order valence-electron chi connectivity index (χ0n) is 17.9. The Morgan fingerprint density at radius 2 is 1.91 bits per heavy atom. The minimum atomic E-state index is -0.273. The molecule has 170 valence electrons. The van der Waals surface area contributed by atoms with Gasteiger partial charge in [0, 0.05) is 12.6 Å². The Morgan fingerprint density at radius 3 is 2.61 bits per heavy atom. The molecule has 1 aromatic carbocycles. The number of ether oxygens (including phenoxy) is 1. The van der Waals surface area contributed by atoms with Crippen molar-refractivity contribution in [2.45, 2.75) is 18.6 Å². The van der Waals surface area contributed by atoms with Crippen molar-refractivity contribution < 1.29 is 23.2 Å². The average Bonchev–Trinajstić information content (AvgIpc) is 3.55. The van der Waals surface area contributed by atoms with Gasteiger partial charge < -0.3 is 24.2 Å². The lowest BCUT2D eigenvalue weighted by molar-refractivity contribution is -0.114. The van der Waals surface area contributed by atoms with Crippen molar-refractivity contribution in [3.8, 4) is 17.3 Å². The van der Waals surface area contributed by atoms with E-state index < -0.39 is 0 Å². The largest absolute Gasteiger partial charge is 0.495 e. The van der Waals surface area contributed by atoms with Gasteiger partial charge in [0.05, 0.1) is 37.6 Å². The molecule has 2 N–H and O–H groups in total. The molecule has 3 aromatic heterocycles. The van der Waals surface area contributed by atoms with Crippen LogP contribution in [0.15, 0.2) is 69.0 Å². The van der Waals surface area contributed by atoms with Crippen LogP contribution in [0.25, 0.3) is 11.6 Å². The minimum Gasteiger partial charge on any atom is -0.495 e. The molecule has 10 nitrogen and oxygen atoms in total. The Hall–Kier alpha value is -3.99. The fourth-order valence-electron chi connectivity index (χ4n) is 3.09. The summed E-state index contributed by atoms with van der Waals surface area (Å²) in [6, 6.07) is 12.2. The van der Waals surface area contributed by atoms with Gasteiger partial charge in [0.15, 0.2) is 10.9 Å². The third kappa shape index (κ3) is 5.44. The number of carbonyl (C=O) groups is 2. The van der Waals surface area contributed by atoms with Crippen molar-refractivity contribution in [3.05, 3.63) is 60.8 Å². The first-order valence-corrected chi connectivity index (χ1v) is 10.9. The molecule has 4 aromatic rings. The van der Waals surface area contributed by atoms with Gasteiger partial charge in [-0.25, -0.2) is 0 Å². The average molecular weight is 468 g/mol. The van der Waals surface area contributed by atoms with Crippen LogP contribution in [-0.2, 0) is 16.1 Å². The number of nitrogens with zero attached hydrogens (tertiary/aromatic N) is 3. The van der Waals surface area contributed by atoms with Crippen molar-refractivity contribution in [3.63, 3.8) is 0 Å². The number of rotatable bonds is 9. The number of methoxy groups -OCH3 is 1. The molecule has 0 saturated heterocycles. The van der Waals surface area contributed by atoms with E-state index >= 15 is 0 Å². The van der Waals surface area contributed by atoms with Gasteiger partial charge in [0.25, 0.3) is 0 Å². The van der Waals surface area contributed by atoms with Gasteiger partial charge in [0.1, 0.15) is 11.5 Å². The quantitative estimate of drug-likeness (QED) is 0.356. The smallest absolute Gasteiger partial charge is 0.234 e. The van der Waals surface area contributed by atoms with Crippen molar-refractivity contribution in [2.24, 2.45) is 0 Å². The molecule has 0 radical (unpaired) electrons. The molecule has 0 unspecified atom stereocenters. The van der Waals surface area contributed by atoms with E-state index in [-0.39, 0.29) is 17.6 Å². The molecule has 0 aliphatic heterocycles. The van der Waals surface area contributed by atoms with Crippen LogP contribution in [-0.4, -0.2) is 39.4 Å². The van der Waals surface area contributed by atoms with Crippen LogP contribution in [0.3, 0.4) is 0 Å². The SMILES string of the molecule is COc1ccc(NC(C)=O)cc1NC(=O)CSc1nnc(-c2ccco2)n1Cc1ccco1. The van der Waals surface area contributed by atoms with Crippen molar-refractivity contribution in [2.75, 3.05) is 23.5 Å². The van der Waals surface area contributed by atoms with Gasteiger partial charge in [0.2, 0.25) is 17.6 Å². The first-order chi connectivity index (χ1) is 16.0. The first kappa shape index (κ1) is 22.2. The third-order valence-corrected chi connectivity index (χ3v) is 5.45. The van der Waals surface area contributed by atoms with E-state index in [1.54, 1.807) is 48.9 Å². The summed E-state index contributed by atoms with van der Waals surface area (Å²) in [5.41, 5.74) is 0.996. The van der Waals surface area contributed by atoms with Gasteiger partial charge in [-0.3, -0.25) is 14.2 Å². The predicted octanol–water partition coefficient (Wildman–Crippen LogP) is 3.88. The fraction of sp³-hybridized carbons (Fsp3) is 0.182. The summed E-state index contributed by atoms with van der Waals surface area (Å²) in [5, 5.41) is 14.5. The lowest BCUT2D eigenvalue weighted by atomic mass is 10.2. The Labute approximate surface area is 193 Å². The number of nitrogens with one attached hydrogen (secondary N) is 2. The van der Waals surface area contributed by atoms with E-state index in [1.165, 1.54) is 25.8 Å². The number of amides is 2. The monoisotopic (exact) mass is 467 g/mol. The molecule has 0 spiro atoms. The maximum Gasteiger partial charge on any atom is 0.234 e. The van der Waals surface area contributed by atoms with Crippen LogP contribution in [0, 0.1) is 0 Å². The van der Waals surface area contributed by atoms with Gasteiger partial charge >= 0.3 is 0 Å². The van der Waals surface area contributed by atoms with Gasteiger partial charge in [-0.05, 0) is 42.5 Å². The number of hydrogen-bond donors (Lipinski definition) is 2. The maximum absolute atomic E-state index is 12.7. The first-order valence-electron chi connectivity index (χ1n) is 9.91. The van der Waals surface area contributed by atoms with Gasteiger partial charge in [-0.15, -0.1) is 10.2 Å². The Morgan fingerprint density at radius 1 is 1.09 bits per heavy atom. The number of anilines is 2. The minimum absolute atomic E-state index is 0.0714. The Bertz CT molecular complexity index is 1230. The second kappa shape index (κ2) is 10.1. The van der Waals surface area contributed by atoms with Crippen LogP contribution in [0.1, 0.15) is 12.7 Å². The maximum atomic E-state index is 12.7. The van der Waals surface area contributed by atoms with Crippen LogP contribution < -0.4 is 15.4 Å². The molecule has 0 aliphatic carbocycles. The normalized spacial score (nSPS) is 10.7. The second-order valence-electron chi connectivity index (χ2n) is 6.88. The van der Waals surface area contributed by atoms with E-state index in [0.29, 0.717) is 46.2 Å². The summed E-state index contributed by atoms with van der Waals surface area (Å²) in [6.45, 7) is 1.79. The van der Waals surface area contributed by atoms with Crippen molar-refractivity contribution in [1.82, 2.24) is 14.8 Å². The van der Waals surface area contributed by atoms with E-state index in [4.69, 9.17) is 13.6 Å². The summed E-state index contributed by atoms with van der Waals surface area (Å²) in [4.78, 5) is 24.0. The Balaban J connectivity index is 1.49. The number of benzene rings is 1. The van der Waals surface area contributed by atoms with Gasteiger partial charge in [-0.1, -0.05) is 11.8 Å². The summed E-state index contributed by atoms with van der Waals surface area (Å²) >= 11 is 1.23. The molecule has 0 atom stereocenters. The van der Waals surface area contributed by atoms with E-state index in [2.05, 4.69) is 20.8 Å². The van der Waals surface area contributed by atoms with Crippen LogP contribution in [0.2, 0.25) is 0 Å². The molecule has 0 fully saturated rings. The fourth-order valence-corrected chi connectivity index (χ4v) is 3.83. The van der Waals surface area contributed by atoms with Crippen LogP contribution in [0.5, 0.6) is 5.75 Å². The predicted molar refractivity (Wildman–Crippen MR) is 122 cm³/mol. The summed E-state index contributed by atoms with van der Waals surface area (Å²) in [7, 11) is 1.51. The lowest BCUT2D eigenvalue weighted by Crippen LogP contribution is -2.16. The van der Waals surface area contributed by atoms with Crippen LogP contribution >= 0.6 is 11.8 Å². The van der Waals surface area contributed by atoms with E-state index in [9.17, 15) is 9.59 Å². The lowest BCUT2D eigenvalue weighted by Gasteiger charge is -2.12. The van der Waals surface area contributed by atoms with E-state index in [0.717, 1.165) is 0 Å². The zero-order chi connectivity index (χ0) is 23.2. The summed E-state index contributed by atoms with van der Waals surface area (Å²) in [5.74, 6) is 1.87. The molecule has 11 heteroatoms. The summed E-state index contributed by atoms with van der Waals surface area (Å²) in [6.07, 6.45) is 3.15. The highest BCUT2D eigenvalue weighted by Gasteiger charge is 2.19. The highest BCUT2D eigenvalue weighted by Crippen LogP contribution is 2.29. The number of aromatic nitrogens is 3. The van der Waals surface area contributed by atoms with Crippen molar-refractivity contribution >= 4 is 35.0 Å². The molecule has 3 heterocycles. The van der Waals surface area contributed by atoms with Crippen LogP contribution in [0.4, 0.5) is 11.4 Å². The highest BCUT2D eigenvalue weighted by molar-refractivity contribution is 7.99. The van der Waals surface area contributed by atoms with Crippen molar-refractivity contribution in [1.29, 1.82) is 0 Å². The molecule has 0 saturated carbocycles. The number of hydrogen-bond acceptors (Lipinski definition) is 8. The molecule has 0 aliphatic rings.